The molecule has 1 unspecified atom stereocenters. The van der Waals surface area contributed by atoms with Crippen molar-refractivity contribution < 1.29 is 0 Å². The summed E-state index contributed by atoms with van der Waals surface area (Å²) in [6.07, 6.45) is 2.70. The molecule has 5 nitrogen and oxygen atoms in total. The lowest BCUT2D eigenvalue weighted by molar-refractivity contribution is 0.231. The van der Waals surface area contributed by atoms with Crippen LogP contribution in [0.25, 0.3) is 0 Å². The second-order valence-corrected chi connectivity index (χ2v) is 7.18. The molecule has 0 aromatic heterocycles. The van der Waals surface area contributed by atoms with E-state index in [9.17, 15) is 0 Å². The Morgan fingerprint density at radius 3 is 2.22 bits per heavy atom. The molecule has 0 radical (unpaired) electrons. The molecule has 2 rings (SSSR count). The number of rotatable bonds is 9. The van der Waals surface area contributed by atoms with Gasteiger partial charge in [0.05, 0.1) is 0 Å². The number of nitrogens with one attached hydrogen (secondary N) is 2. The minimum Gasteiger partial charge on any atom is -0.355 e. The van der Waals surface area contributed by atoms with E-state index in [2.05, 4.69) is 70.5 Å². The summed E-state index contributed by atoms with van der Waals surface area (Å²) >= 11 is 0. The van der Waals surface area contributed by atoms with Crippen LogP contribution in [0.1, 0.15) is 44.7 Å². The number of likely N-dealkylation sites (tertiary alicyclic amines) is 1. The fourth-order valence-electron chi connectivity index (χ4n) is 3.59. The number of guanidine groups is 1. The van der Waals surface area contributed by atoms with Gasteiger partial charge in [0.1, 0.15) is 0 Å². The van der Waals surface area contributed by atoms with E-state index >= 15 is 0 Å². The highest BCUT2D eigenvalue weighted by Gasteiger charge is 2.12. The zero-order valence-corrected chi connectivity index (χ0v) is 19.8. The van der Waals surface area contributed by atoms with Crippen LogP contribution < -0.4 is 10.6 Å². The number of likely N-dealkylation sites (N-methyl/N-ethyl adjacent to an activating group) is 1. The van der Waals surface area contributed by atoms with Gasteiger partial charge in [0.15, 0.2) is 5.96 Å². The van der Waals surface area contributed by atoms with Crippen LogP contribution in [0.4, 0.5) is 0 Å². The zero-order valence-electron chi connectivity index (χ0n) is 17.5. The minimum absolute atomic E-state index is 0. The van der Waals surface area contributed by atoms with Crippen LogP contribution in [0.15, 0.2) is 29.3 Å². The smallest absolute Gasteiger partial charge is 0.191 e. The molecule has 1 atom stereocenters. The van der Waals surface area contributed by atoms with Crippen molar-refractivity contribution in [1.29, 1.82) is 0 Å². The van der Waals surface area contributed by atoms with Crippen LogP contribution in [-0.2, 0) is 13.1 Å². The maximum absolute atomic E-state index is 4.34. The first-order chi connectivity index (χ1) is 12.7. The van der Waals surface area contributed by atoms with Gasteiger partial charge in [0, 0.05) is 32.7 Å². The third-order valence-electron chi connectivity index (χ3n) is 5.31. The molecule has 2 N–H and O–H groups in total. The molecule has 27 heavy (non-hydrogen) atoms. The lowest BCUT2D eigenvalue weighted by Crippen LogP contribution is -2.45. The molecule has 0 bridgehead atoms. The van der Waals surface area contributed by atoms with Crippen molar-refractivity contribution in [1.82, 2.24) is 20.4 Å². The number of nitrogens with zero attached hydrogens (tertiary/aromatic N) is 3. The third kappa shape index (κ3) is 8.35. The zero-order chi connectivity index (χ0) is 18.8. The Morgan fingerprint density at radius 1 is 1.07 bits per heavy atom. The van der Waals surface area contributed by atoms with Gasteiger partial charge in [0.2, 0.25) is 0 Å². The molecule has 1 aromatic carbocycles. The Labute approximate surface area is 183 Å². The maximum Gasteiger partial charge on any atom is 0.191 e. The Balaban J connectivity index is 0.00000364. The van der Waals surface area contributed by atoms with E-state index in [4.69, 9.17) is 0 Å². The molecule has 0 amide bonds. The van der Waals surface area contributed by atoms with Crippen molar-refractivity contribution in [2.24, 2.45) is 4.99 Å². The van der Waals surface area contributed by atoms with Crippen LogP contribution in [0.2, 0.25) is 0 Å². The van der Waals surface area contributed by atoms with Crippen molar-refractivity contribution in [2.75, 3.05) is 39.8 Å². The quantitative estimate of drug-likeness (QED) is 0.319. The van der Waals surface area contributed by atoms with Gasteiger partial charge in [-0.1, -0.05) is 38.1 Å². The van der Waals surface area contributed by atoms with Gasteiger partial charge in [-0.15, -0.1) is 24.0 Å². The number of hydrogen-bond acceptors (Lipinski definition) is 3. The van der Waals surface area contributed by atoms with E-state index in [0.29, 0.717) is 6.04 Å². The highest BCUT2D eigenvalue weighted by atomic mass is 127. The van der Waals surface area contributed by atoms with Crippen molar-refractivity contribution >= 4 is 29.9 Å². The predicted molar refractivity (Wildman–Crippen MR) is 127 cm³/mol. The van der Waals surface area contributed by atoms with Crippen molar-refractivity contribution in [3.63, 3.8) is 0 Å². The highest BCUT2D eigenvalue weighted by Crippen LogP contribution is 2.13. The van der Waals surface area contributed by atoms with Crippen LogP contribution in [0.5, 0.6) is 0 Å². The molecule has 1 fully saturated rings. The summed E-state index contributed by atoms with van der Waals surface area (Å²) in [6.45, 7) is 14.1. The summed E-state index contributed by atoms with van der Waals surface area (Å²) in [4.78, 5) is 9.32. The average molecular weight is 487 g/mol. The summed E-state index contributed by atoms with van der Waals surface area (Å²) < 4.78 is 0. The molecule has 1 aliphatic rings. The Bertz CT molecular complexity index is 536. The van der Waals surface area contributed by atoms with Crippen LogP contribution >= 0.6 is 24.0 Å². The molecule has 1 saturated heterocycles. The normalized spacial score (nSPS) is 16.3. The first kappa shape index (κ1) is 24.2. The van der Waals surface area contributed by atoms with Crippen LogP contribution in [-0.4, -0.2) is 61.6 Å². The minimum atomic E-state index is 0. The van der Waals surface area contributed by atoms with E-state index < -0.39 is 0 Å². The molecule has 1 aromatic rings. The van der Waals surface area contributed by atoms with Crippen LogP contribution in [0.3, 0.4) is 0 Å². The summed E-state index contributed by atoms with van der Waals surface area (Å²) in [5.74, 6) is 0.866. The monoisotopic (exact) mass is 487 g/mol. The fraction of sp³-hybridized carbons (Fsp3) is 0.667. The summed E-state index contributed by atoms with van der Waals surface area (Å²) in [5.41, 5.74) is 2.70. The second kappa shape index (κ2) is 13.3. The summed E-state index contributed by atoms with van der Waals surface area (Å²) in [7, 11) is 1.83. The number of halogens is 1. The first-order valence-corrected chi connectivity index (χ1v) is 10.1. The molecule has 0 saturated carbocycles. The van der Waals surface area contributed by atoms with Gasteiger partial charge < -0.3 is 10.6 Å². The Hall–Kier alpha value is -0.860. The van der Waals surface area contributed by atoms with Gasteiger partial charge in [0.25, 0.3) is 0 Å². The third-order valence-corrected chi connectivity index (χ3v) is 5.31. The molecule has 6 heteroatoms. The van der Waals surface area contributed by atoms with E-state index in [1.807, 2.05) is 7.05 Å². The largest absolute Gasteiger partial charge is 0.355 e. The fourth-order valence-corrected chi connectivity index (χ4v) is 3.59. The van der Waals surface area contributed by atoms with Crippen molar-refractivity contribution in [3.05, 3.63) is 35.4 Å². The first-order valence-electron chi connectivity index (χ1n) is 10.1. The van der Waals surface area contributed by atoms with Gasteiger partial charge >= 0.3 is 0 Å². The predicted octanol–water partition coefficient (Wildman–Crippen LogP) is 3.30. The molecular formula is C21H38IN5. The second-order valence-electron chi connectivity index (χ2n) is 7.18. The topological polar surface area (TPSA) is 42.9 Å². The standard InChI is InChI=1S/C21H37N5.HI/c1-5-26(6-2)18(3)15-23-21(22-4)24-16-19-9-11-20(12-10-19)17-25-13-7-8-14-25;/h9-12,18H,5-8,13-17H2,1-4H3,(H2,22,23,24);1H. The number of benzene rings is 1. The van der Waals surface area contributed by atoms with Gasteiger partial charge in [-0.2, -0.15) is 0 Å². The summed E-state index contributed by atoms with van der Waals surface area (Å²) in [6, 6.07) is 9.46. The van der Waals surface area contributed by atoms with Crippen LogP contribution in [0, 0.1) is 0 Å². The van der Waals surface area contributed by atoms with Gasteiger partial charge in [-0.05, 0) is 57.1 Å². The molecule has 1 heterocycles. The number of aliphatic imine (C=N–C) groups is 1. The Kier molecular flexibility index (Phi) is 11.9. The summed E-state index contributed by atoms with van der Waals surface area (Å²) in [5, 5.41) is 6.86. The van der Waals surface area contributed by atoms with E-state index in [1.165, 1.54) is 37.1 Å². The SMILES string of the molecule is CCN(CC)C(C)CNC(=NC)NCc1ccc(CN2CCCC2)cc1.I. The van der Waals surface area contributed by atoms with E-state index in [0.717, 1.165) is 38.7 Å². The average Bonchev–Trinajstić information content (AvgIpc) is 3.17. The van der Waals surface area contributed by atoms with Gasteiger partial charge in [-0.3, -0.25) is 14.8 Å². The Morgan fingerprint density at radius 2 is 1.67 bits per heavy atom. The molecule has 154 valence electrons. The van der Waals surface area contributed by atoms with Crippen molar-refractivity contribution in [2.45, 2.75) is 52.7 Å². The molecule has 0 spiro atoms. The lowest BCUT2D eigenvalue weighted by atomic mass is 10.1. The van der Waals surface area contributed by atoms with Crippen molar-refractivity contribution in [3.8, 4) is 0 Å². The maximum atomic E-state index is 4.34. The molecule has 1 aliphatic heterocycles. The molecular weight excluding hydrogens is 449 g/mol. The van der Waals surface area contributed by atoms with E-state index in [1.54, 1.807) is 0 Å². The number of hydrogen-bond donors (Lipinski definition) is 2. The molecule has 0 aliphatic carbocycles. The van der Waals surface area contributed by atoms with Gasteiger partial charge in [-0.25, -0.2) is 0 Å². The highest BCUT2D eigenvalue weighted by molar-refractivity contribution is 14.0. The lowest BCUT2D eigenvalue weighted by Gasteiger charge is -2.27. The van der Waals surface area contributed by atoms with E-state index in [-0.39, 0.29) is 24.0 Å².